The van der Waals surface area contributed by atoms with Crippen LogP contribution in [-0.2, 0) is 20.5 Å². The van der Waals surface area contributed by atoms with Crippen molar-refractivity contribution in [3.05, 3.63) is 64.2 Å². The summed E-state index contributed by atoms with van der Waals surface area (Å²) < 4.78 is 43.7. The van der Waals surface area contributed by atoms with E-state index in [1.165, 1.54) is 12.1 Å². The average Bonchev–Trinajstić information content (AvgIpc) is 3.01. The second-order valence-corrected chi connectivity index (χ2v) is 8.43. The molecule has 7 nitrogen and oxygen atoms in total. The molecule has 0 aliphatic carbocycles. The predicted molar refractivity (Wildman–Crippen MR) is 116 cm³/mol. The van der Waals surface area contributed by atoms with Crippen LogP contribution in [0.2, 0.25) is 5.02 Å². The molecule has 3 amide bonds. The number of imide groups is 1. The van der Waals surface area contributed by atoms with Gasteiger partial charge in [0.2, 0.25) is 0 Å². The molecule has 0 radical (unpaired) electrons. The maximum atomic E-state index is 12.9. The molecule has 0 unspecified atom stereocenters. The number of esters is 1. The van der Waals surface area contributed by atoms with Crippen LogP contribution in [0.15, 0.2) is 42.5 Å². The highest BCUT2D eigenvalue weighted by Crippen LogP contribution is 2.34. The van der Waals surface area contributed by atoms with Gasteiger partial charge >= 0.3 is 12.1 Å². The summed E-state index contributed by atoms with van der Waals surface area (Å²) in [7, 11) is 0. The number of carbonyl (C=O) groups excluding carboxylic acids is 4. The largest absolute Gasteiger partial charge is 0.454 e. The minimum atomic E-state index is -4.65. The van der Waals surface area contributed by atoms with Crippen molar-refractivity contribution in [1.29, 1.82) is 0 Å². The van der Waals surface area contributed by atoms with Gasteiger partial charge in [-0.1, -0.05) is 37.6 Å². The molecule has 3 rings (SSSR count). The molecule has 0 saturated heterocycles. The lowest BCUT2D eigenvalue weighted by molar-refractivity contribution is -0.151. The summed E-state index contributed by atoms with van der Waals surface area (Å²) in [5, 5.41) is 2.02. The fraction of sp³-hybridized carbons (Fsp3) is 0.304. The Morgan fingerprint density at radius 2 is 1.65 bits per heavy atom. The van der Waals surface area contributed by atoms with Crippen molar-refractivity contribution < 1.29 is 37.1 Å². The number of alkyl halides is 3. The fourth-order valence-corrected chi connectivity index (χ4v) is 3.63. The Hall–Kier alpha value is -3.40. The molecule has 2 aromatic rings. The lowest BCUT2D eigenvalue weighted by Gasteiger charge is -2.25. The van der Waals surface area contributed by atoms with Crippen LogP contribution in [0.25, 0.3) is 0 Å². The van der Waals surface area contributed by atoms with Crippen LogP contribution in [0.1, 0.15) is 46.5 Å². The topological polar surface area (TPSA) is 92.8 Å². The number of nitrogens with zero attached hydrogens (tertiary/aromatic N) is 1. The van der Waals surface area contributed by atoms with Gasteiger partial charge in [0.05, 0.1) is 27.4 Å². The van der Waals surface area contributed by atoms with E-state index in [0.717, 1.165) is 17.0 Å². The second kappa shape index (κ2) is 9.84. The molecule has 0 saturated carbocycles. The number of rotatable bonds is 7. The molecule has 1 aliphatic heterocycles. The Bertz CT molecular complexity index is 1110. The number of carbonyl (C=O) groups is 4. The third-order valence-electron chi connectivity index (χ3n) is 5.02. The molecule has 1 atom stereocenters. The van der Waals surface area contributed by atoms with Crippen molar-refractivity contribution in [2.75, 3.05) is 11.9 Å². The fourth-order valence-electron chi connectivity index (χ4n) is 3.46. The zero-order chi connectivity index (χ0) is 25.2. The van der Waals surface area contributed by atoms with Crippen LogP contribution in [0.5, 0.6) is 0 Å². The zero-order valence-electron chi connectivity index (χ0n) is 18.1. The Balaban J connectivity index is 1.71. The number of fused-ring (bicyclic) bond motifs is 1. The molecule has 1 heterocycles. The van der Waals surface area contributed by atoms with Crippen molar-refractivity contribution in [1.82, 2.24) is 4.90 Å². The van der Waals surface area contributed by atoms with E-state index < -0.39 is 48.1 Å². The lowest BCUT2D eigenvalue weighted by atomic mass is 10.0. The summed E-state index contributed by atoms with van der Waals surface area (Å²) in [6, 6.07) is 7.24. The number of halogens is 4. The smallest absolute Gasteiger partial charge is 0.416 e. The van der Waals surface area contributed by atoms with Gasteiger partial charge in [0.15, 0.2) is 6.61 Å². The molecule has 11 heteroatoms. The summed E-state index contributed by atoms with van der Waals surface area (Å²) in [6.45, 7) is 2.70. The summed E-state index contributed by atoms with van der Waals surface area (Å²) in [6.07, 6.45) is -4.56. The Kier molecular flexibility index (Phi) is 7.30. The van der Waals surface area contributed by atoms with E-state index >= 15 is 0 Å². The molecule has 0 aromatic heterocycles. The van der Waals surface area contributed by atoms with Crippen molar-refractivity contribution in [2.24, 2.45) is 5.92 Å². The molecule has 0 fully saturated rings. The van der Waals surface area contributed by atoms with E-state index in [0.29, 0.717) is 6.07 Å². The van der Waals surface area contributed by atoms with Gasteiger partial charge in [-0.05, 0) is 42.7 Å². The summed E-state index contributed by atoms with van der Waals surface area (Å²) >= 11 is 5.85. The second-order valence-electron chi connectivity index (χ2n) is 8.02. The number of hydrogen-bond donors (Lipinski definition) is 1. The molecule has 0 bridgehead atoms. The Labute approximate surface area is 197 Å². The molecule has 180 valence electrons. The van der Waals surface area contributed by atoms with Crippen LogP contribution < -0.4 is 5.32 Å². The summed E-state index contributed by atoms with van der Waals surface area (Å²) in [5.74, 6) is -3.35. The number of benzene rings is 2. The van der Waals surface area contributed by atoms with Gasteiger partial charge in [-0.15, -0.1) is 0 Å². The van der Waals surface area contributed by atoms with Crippen LogP contribution in [0.4, 0.5) is 18.9 Å². The highest BCUT2D eigenvalue weighted by Gasteiger charge is 2.43. The molecule has 1 N–H and O–H groups in total. The molecule has 34 heavy (non-hydrogen) atoms. The molecule has 2 aromatic carbocycles. The van der Waals surface area contributed by atoms with Crippen LogP contribution in [-0.4, -0.2) is 41.2 Å². The number of amides is 3. The van der Waals surface area contributed by atoms with E-state index in [4.69, 9.17) is 16.3 Å². The van der Waals surface area contributed by atoms with E-state index in [2.05, 4.69) is 5.32 Å². The van der Waals surface area contributed by atoms with Crippen molar-refractivity contribution in [3.8, 4) is 0 Å². The lowest BCUT2D eigenvalue weighted by Crippen LogP contribution is -2.46. The minimum Gasteiger partial charge on any atom is -0.454 e. The first-order chi connectivity index (χ1) is 15.9. The van der Waals surface area contributed by atoms with Gasteiger partial charge < -0.3 is 10.1 Å². The number of hydrogen-bond acceptors (Lipinski definition) is 5. The minimum absolute atomic E-state index is 0.0887. The first kappa shape index (κ1) is 25.2. The SMILES string of the molecule is CC(C)C[C@@H](C(=O)OCC(=O)Nc1cc(C(F)(F)F)ccc1Cl)N1C(=O)c2ccccc2C1=O. The van der Waals surface area contributed by atoms with Gasteiger partial charge in [-0.3, -0.25) is 19.3 Å². The van der Waals surface area contributed by atoms with Crippen molar-refractivity contribution in [2.45, 2.75) is 32.5 Å². The third kappa shape index (κ3) is 5.39. The number of nitrogens with one attached hydrogen (secondary N) is 1. The van der Waals surface area contributed by atoms with Crippen LogP contribution >= 0.6 is 11.6 Å². The average molecular weight is 497 g/mol. The third-order valence-corrected chi connectivity index (χ3v) is 5.35. The quantitative estimate of drug-likeness (QED) is 0.448. The number of anilines is 1. The van der Waals surface area contributed by atoms with Gasteiger partial charge in [0.1, 0.15) is 6.04 Å². The maximum Gasteiger partial charge on any atom is 0.416 e. The Morgan fingerprint density at radius 3 is 2.18 bits per heavy atom. The zero-order valence-corrected chi connectivity index (χ0v) is 18.9. The molecule has 0 spiro atoms. The highest BCUT2D eigenvalue weighted by molar-refractivity contribution is 6.33. The summed E-state index contributed by atoms with van der Waals surface area (Å²) in [5.41, 5.74) is -1.01. The highest BCUT2D eigenvalue weighted by atomic mass is 35.5. The van der Waals surface area contributed by atoms with E-state index in [1.807, 2.05) is 0 Å². The van der Waals surface area contributed by atoms with Gasteiger partial charge in [-0.25, -0.2) is 4.79 Å². The monoisotopic (exact) mass is 496 g/mol. The molecule has 1 aliphatic rings. The molecular weight excluding hydrogens is 477 g/mol. The Morgan fingerprint density at radius 1 is 1.06 bits per heavy atom. The maximum absolute atomic E-state index is 12.9. The van der Waals surface area contributed by atoms with Crippen LogP contribution in [0.3, 0.4) is 0 Å². The standard InChI is InChI=1S/C23H20ClF3N2O5/c1-12(2)9-18(29-20(31)14-5-3-4-6-15(14)21(29)32)22(33)34-11-19(30)28-17-10-13(23(25,26)27)7-8-16(17)24/h3-8,10,12,18H,9,11H2,1-2H3,(H,28,30)/t18-/m0/s1. The van der Waals surface area contributed by atoms with E-state index in [9.17, 15) is 32.3 Å². The predicted octanol–water partition coefficient (Wildman–Crippen LogP) is 4.55. The van der Waals surface area contributed by atoms with Gasteiger partial charge in [-0.2, -0.15) is 13.2 Å². The first-order valence-corrected chi connectivity index (χ1v) is 10.6. The van der Waals surface area contributed by atoms with E-state index in [1.54, 1.807) is 26.0 Å². The van der Waals surface area contributed by atoms with Crippen LogP contribution in [0, 0.1) is 5.92 Å². The number of ether oxygens (including phenoxy) is 1. The van der Waals surface area contributed by atoms with Crippen molar-refractivity contribution in [3.63, 3.8) is 0 Å². The normalized spacial score (nSPS) is 14.3. The first-order valence-electron chi connectivity index (χ1n) is 10.2. The van der Waals surface area contributed by atoms with E-state index in [-0.39, 0.29) is 34.2 Å². The van der Waals surface area contributed by atoms with Gasteiger partial charge in [0, 0.05) is 0 Å². The summed E-state index contributed by atoms with van der Waals surface area (Å²) in [4.78, 5) is 51.4. The van der Waals surface area contributed by atoms with Crippen molar-refractivity contribution >= 4 is 41.0 Å². The van der Waals surface area contributed by atoms with Gasteiger partial charge in [0.25, 0.3) is 17.7 Å². The molecular formula is C23H20ClF3N2O5.